The molecule has 0 spiro atoms. The largest absolute Gasteiger partial charge is 0.371 e. The average Bonchev–Trinajstić information content (AvgIpc) is 2.54. The number of fused-ring (bicyclic) bond motifs is 1. The van der Waals surface area contributed by atoms with Gasteiger partial charge in [-0.1, -0.05) is 18.2 Å². The Morgan fingerprint density at radius 2 is 2.21 bits per heavy atom. The molecule has 0 aromatic heterocycles. The molecule has 0 saturated heterocycles. The lowest BCUT2D eigenvalue weighted by molar-refractivity contribution is 0.584. The molecule has 0 bridgehead atoms. The fourth-order valence-corrected chi connectivity index (χ4v) is 2.22. The van der Waals surface area contributed by atoms with Gasteiger partial charge in [0.25, 0.3) is 0 Å². The van der Waals surface area contributed by atoms with Crippen LogP contribution in [0.1, 0.15) is 12.0 Å². The van der Waals surface area contributed by atoms with E-state index in [0.29, 0.717) is 6.04 Å². The summed E-state index contributed by atoms with van der Waals surface area (Å²) in [5.41, 5.74) is 2.91. The highest BCUT2D eigenvalue weighted by molar-refractivity contribution is 5.58. The van der Waals surface area contributed by atoms with Crippen molar-refractivity contribution < 1.29 is 0 Å². The third kappa shape index (κ3) is 1.62. The predicted octanol–water partition coefficient (Wildman–Crippen LogP) is 1.66. The number of para-hydroxylation sites is 1. The van der Waals surface area contributed by atoms with E-state index < -0.39 is 0 Å². The van der Waals surface area contributed by atoms with Crippen molar-refractivity contribution in [2.24, 2.45) is 0 Å². The standard InChI is InChI=1S/C12H18N2/c1-13-8-7-11-9-10-5-3-4-6-12(10)14(11)2/h3-6,11,13H,7-9H2,1-2H3. The minimum absolute atomic E-state index is 0.680. The third-order valence-electron chi connectivity index (χ3n) is 3.10. The number of nitrogens with zero attached hydrogens (tertiary/aromatic N) is 1. The summed E-state index contributed by atoms with van der Waals surface area (Å²) in [6.07, 6.45) is 2.43. The van der Waals surface area contributed by atoms with E-state index in [0.717, 1.165) is 6.54 Å². The molecule has 1 N–H and O–H groups in total. The van der Waals surface area contributed by atoms with E-state index in [1.54, 1.807) is 0 Å². The van der Waals surface area contributed by atoms with Crippen molar-refractivity contribution in [1.82, 2.24) is 5.32 Å². The van der Waals surface area contributed by atoms with Crippen molar-refractivity contribution in [1.29, 1.82) is 0 Å². The lowest BCUT2D eigenvalue weighted by Crippen LogP contribution is -2.30. The summed E-state index contributed by atoms with van der Waals surface area (Å²) < 4.78 is 0. The van der Waals surface area contributed by atoms with Gasteiger partial charge in [-0.05, 0) is 38.1 Å². The molecule has 1 atom stereocenters. The van der Waals surface area contributed by atoms with Gasteiger partial charge in [0.1, 0.15) is 0 Å². The van der Waals surface area contributed by atoms with Crippen LogP contribution in [-0.2, 0) is 6.42 Å². The molecule has 1 heterocycles. The first-order valence-corrected chi connectivity index (χ1v) is 5.28. The second kappa shape index (κ2) is 4.01. The molecule has 0 amide bonds. The number of hydrogen-bond acceptors (Lipinski definition) is 2. The van der Waals surface area contributed by atoms with Crippen molar-refractivity contribution in [2.75, 3.05) is 25.5 Å². The van der Waals surface area contributed by atoms with Gasteiger partial charge < -0.3 is 10.2 Å². The molecule has 0 radical (unpaired) electrons. The van der Waals surface area contributed by atoms with Crippen LogP contribution < -0.4 is 10.2 Å². The van der Waals surface area contributed by atoms with Crippen LogP contribution in [0.3, 0.4) is 0 Å². The lowest BCUT2D eigenvalue weighted by Gasteiger charge is -2.22. The maximum Gasteiger partial charge on any atom is 0.0399 e. The molecular formula is C12H18N2. The number of likely N-dealkylation sites (N-methyl/N-ethyl adjacent to an activating group) is 1. The molecule has 76 valence electrons. The monoisotopic (exact) mass is 190 g/mol. The van der Waals surface area contributed by atoms with Gasteiger partial charge in [0.05, 0.1) is 0 Å². The summed E-state index contributed by atoms with van der Waals surface area (Å²) in [5, 5.41) is 3.22. The van der Waals surface area contributed by atoms with Gasteiger partial charge >= 0.3 is 0 Å². The maximum absolute atomic E-state index is 3.22. The van der Waals surface area contributed by atoms with Crippen LogP contribution in [-0.4, -0.2) is 26.7 Å². The topological polar surface area (TPSA) is 15.3 Å². The van der Waals surface area contributed by atoms with Gasteiger partial charge in [0.2, 0.25) is 0 Å². The fourth-order valence-electron chi connectivity index (χ4n) is 2.22. The van der Waals surface area contributed by atoms with E-state index in [1.165, 1.54) is 24.1 Å². The first-order chi connectivity index (χ1) is 6.83. The Hall–Kier alpha value is -1.02. The Labute approximate surface area is 85.9 Å². The summed E-state index contributed by atoms with van der Waals surface area (Å²) >= 11 is 0. The van der Waals surface area contributed by atoms with E-state index in [2.05, 4.69) is 41.5 Å². The second-order valence-electron chi connectivity index (χ2n) is 3.99. The van der Waals surface area contributed by atoms with Crippen LogP contribution in [0.2, 0.25) is 0 Å². The highest BCUT2D eigenvalue weighted by atomic mass is 15.2. The maximum atomic E-state index is 3.22. The lowest BCUT2D eigenvalue weighted by atomic mass is 10.1. The van der Waals surface area contributed by atoms with E-state index >= 15 is 0 Å². The smallest absolute Gasteiger partial charge is 0.0399 e. The summed E-state index contributed by atoms with van der Waals surface area (Å²) in [6, 6.07) is 9.39. The van der Waals surface area contributed by atoms with Crippen LogP contribution in [0.5, 0.6) is 0 Å². The molecule has 14 heavy (non-hydrogen) atoms. The number of benzene rings is 1. The second-order valence-corrected chi connectivity index (χ2v) is 3.99. The van der Waals surface area contributed by atoms with Gasteiger partial charge in [0, 0.05) is 18.8 Å². The molecule has 2 nitrogen and oxygen atoms in total. The molecule has 0 saturated carbocycles. The molecule has 2 rings (SSSR count). The van der Waals surface area contributed by atoms with Crippen molar-refractivity contribution in [3.8, 4) is 0 Å². The summed E-state index contributed by atoms with van der Waals surface area (Å²) in [6.45, 7) is 1.10. The Morgan fingerprint density at radius 1 is 1.43 bits per heavy atom. The Balaban J connectivity index is 2.09. The first-order valence-electron chi connectivity index (χ1n) is 5.28. The average molecular weight is 190 g/mol. The fraction of sp³-hybridized carbons (Fsp3) is 0.500. The van der Waals surface area contributed by atoms with Crippen LogP contribution >= 0.6 is 0 Å². The molecule has 1 unspecified atom stereocenters. The molecule has 1 aromatic rings. The first kappa shape index (κ1) is 9.53. The predicted molar refractivity (Wildman–Crippen MR) is 60.9 cm³/mol. The minimum Gasteiger partial charge on any atom is -0.371 e. The highest BCUT2D eigenvalue weighted by Crippen LogP contribution is 2.31. The van der Waals surface area contributed by atoms with Gasteiger partial charge in [-0.3, -0.25) is 0 Å². The summed E-state index contributed by atoms with van der Waals surface area (Å²) in [5.74, 6) is 0. The third-order valence-corrected chi connectivity index (χ3v) is 3.10. The van der Waals surface area contributed by atoms with Gasteiger partial charge in [-0.25, -0.2) is 0 Å². The molecule has 0 aliphatic carbocycles. The number of anilines is 1. The molecular weight excluding hydrogens is 172 g/mol. The van der Waals surface area contributed by atoms with Crippen LogP contribution in [0.25, 0.3) is 0 Å². The number of rotatable bonds is 3. The van der Waals surface area contributed by atoms with Crippen molar-refractivity contribution >= 4 is 5.69 Å². The Bertz CT molecular complexity index is 309. The van der Waals surface area contributed by atoms with Crippen molar-refractivity contribution in [3.05, 3.63) is 29.8 Å². The van der Waals surface area contributed by atoms with Crippen LogP contribution in [0, 0.1) is 0 Å². The molecule has 1 aliphatic heterocycles. The number of hydrogen-bond donors (Lipinski definition) is 1. The van der Waals surface area contributed by atoms with E-state index in [9.17, 15) is 0 Å². The van der Waals surface area contributed by atoms with Crippen molar-refractivity contribution in [3.63, 3.8) is 0 Å². The zero-order valence-electron chi connectivity index (χ0n) is 8.96. The van der Waals surface area contributed by atoms with E-state index in [4.69, 9.17) is 0 Å². The molecule has 1 aromatic carbocycles. The van der Waals surface area contributed by atoms with Gasteiger partial charge in [-0.15, -0.1) is 0 Å². The van der Waals surface area contributed by atoms with Crippen LogP contribution in [0.15, 0.2) is 24.3 Å². The van der Waals surface area contributed by atoms with Crippen LogP contribution in [0.4, 0.5) is 5.69 Å². The Morgan fingerprint density at radius 3 is 2.93 bits per heavy atom. The van der Waals surface area contributed by atoms with E-state index in [1.807, 2.05) is 7.05 Å². The number of nitrogens with one attached hydrogen (secondary N) is 1. The highest BCUT2D eigenvalue weighted by Gasteiger charge is 2.24. The normalized spacial score (nSPS) is 19.9. The van der Waals surface area contributed by atoms with Gasteiger partial charge in [-0.2, -0.15) is 0 Å². The molecule has 2 heteroatoms. The molecule has 0 fully saturated rings. The quantitative estimate of drug-likeness (QED) is 0.779. The van der Waals surface area contributed by atoms with Gasteiger partial charge in [0.15, 0.2) is 0 Å². The van der Waals surface area contributed by atoms with E-state index in [-0.39, 0.29) is 0 Å². The zero-order chi connectivity index (χ0) is 9.97. The summed E-state index contributed by atoms with van der Waals surface area (Å²) in [4.78, 5) is 2.41. The SMILES string of the molecule is CNCCC1Cc2ccccc2N1C. The molecule has 1 aliphatic rings. The zero-order valence-corrected chi connectivity index (χ0v) is 8.96. The Kier molecular flexibility index (Phi) is 2.73. The minimum atomic E-state index is 0.680. The summed E-state index contributed by atoms with van der Waals surface area (Å²) in [7, 11) is 4.22. The van der Waals surface area contributed by atoms with Crippen molar-refractivity contribution in [2.45, 2.75) is 18.9 Å².